The largest absolute Gasteiger partial charge is 0.520 e. The van der Waals surface area contributed by atoms with Crippen molar-refractivity contribution in [3.63, 3.8) is 0 Å². The van der Waals surface area contributed by atoms with Crippen LogP contribution in [-0.4, -0.2) is 65.9 Å². The maximum Gasteiger partial charge on any atom is 0.408 e. The minimum atomic E-state index is -1.14. The van der Waals surface area contributed by atoms with Gasteiger partial charge in [0.15, 0.2) is 0 Å². The Morgan fingerprint density at radius 1 is 1.00 bits per heavy atom. The van der Waals surface area contributed by atoms with Crippen LogP contribution in [0.25, 0.3) is 0 Å². The molecule has 0 fully saturated rings. The van der Waals surface area contributed by atoms with E-state index in [2.05, 4.69) is 16.0 Å². The molecule has 3 amide bonds. The molecule has 10 nitrogen and oxygen atoms in total. The third-order valence-corrected chi connectivity index (χ3v) is 3.44. The normalized spacial score (nSPS) is 13.3. The molecule has 0 aliphatic carbocycles. The zero-order chi connectivity index (χ0) is 22.7. The molecule has 0 saturated heterocycles. The maximum absolute atomic E-state index is 12.4. The second-order valence-corrected chi connectivity index (χ2v) is 8.55. The molecule has 0 spiro atoms. The van der Waals surface area contributed by atoms with E-state index < -0.39 is 41.3 Å². The average Bonchev–Trinajstić information content (AvgIpc) is 2.54. The summed E-state index contributed by atoms with van der Waals surface area (Å²) in [6, 6.07) is -1.95. The Bertz CT molecular complexity index is 559. The van der Waals surface area contributed by atoms with Crippen molar-refractivity contribution < 1.29 is 33.8 Å². The van der Waals surface area contributed by atoms with E-state index in [1.54, 1.807) is 20.8 Å². The Balaban J connectivity index is 0. The van der Waals surface area contributed by atoms with Gasteiger partial charge in [-0.2, -0.15) is 6.41 Å². The number of unbranched alkanes of at least 4 members (excludes halogenated alkanes) is 1. The summed E-state index contributed by atoms with van der Waals surface area (Å²) >= 11 is 0. The zero-order valence-corrected chi connectivity index (χ0v) is 20.8. The van der Waals surface area contributed by atoms with Crippen molar-refractivity contribution in [1.29, 1.82) is 0 Å². The first kappa shape index (κ1) is 28.8. The standard InChI is InChI=1S/C19H34N3O7.Fm/c1-18(2,3)28-11-14(22-17(27)29-19(4,5)6)15(24)20-10-8-7-9-13(16(25)26)21-12-23;/h13-14H,7-11H2,1-6H3,(H,20,24)(H,21,23)(H,22,27)(H,25,26);/q-1;. The summed E-state index contributed by atoms with van der Waals surface area (Å²) in [4.78, 5) is 45.7. The smallest absolute Gasteiger partial charge is 0.408 e. The number of carbonyl (C=O) groups is 3. The summed E-state index contributed by atoms with van der Waals surface area (Å²) in [5.74, 6) is -1.58. The fraction of sp³-hybridized carbons (Fsp3) is 0.789. The third-order valence-electron chi connectivity index (χ3n) is 3.44. The molecular weight excluding hydrogens is 639 g/mol. The van der Waals surface area contributed by atoms with E-state index in [-0.39, 0.29) is 19.6 Å². The number of carboxylic acid groups (broad SMARTS) is 1. The summed E-state index contributed by atoms with van der Waals surface area (Å²) in [5.41, 5.74) is -1.20. The number of amides is 3. The summed E-state index contributed by atoms with van der Waals surface area (Å²) in [7, 11) is 0. The average molecular weight is 673 g/mol. The second kappa shape index (κ2) is 13.0. The minimum Gasteiger partial charge on any atom is -0.520 e. The molecule has 11 heteroatoms. The topological polar surface area (TPSA) is 143 Å². The van der Waals surface area contributed by atoms with E-state index in [1.165, 1.54) is 6.41 Å². The summed E-state index contributed by atoms with van der Waals surface area (Å²) in [6.45, 7) is 10.9. The van der Waals surface area contributed by atoms with Crippen LogP contribution >= 0.6 is 0 Å². The predicted octanol–water partition coefficient (Wildman–Crippen LogP) is 1.09. The molecule has 0 aromatic heterocycles. The van der Waals surface area contributed by atoms with Crippen LogP contribution in [0.15, 0.2) is 0 Å². The van der Waals surface area contributed by atoms with Gasteiger partial charge in [0.25, 0.3) is 0 Å². The molecule has 0 aliphatic heterocycles. The van der Waals surface area contributed by atoms with Gasteiger partial charge in [-0.3, -0.25) is 9.59 Å². The Morgan fingerprint density at radius 2 is 1.60 bits per heavy atom. The molecule has 2 atom stereocenters. The first-order valence-corrected chi connectivity index (χ1v) is 9.52. The number of carboxylic acids is 1. The Hall–Kier alpha value is -3.36. The maximum atomic E-state index is 12.4. The predicted molar refractivity (Wildman–Crippen MR) is 106 cm³/mol. The Labute approximate surface area is 172 Å². The third kappa shape index (κ3) is 14.7. The van der Waals surface area contributed by atoms with Crippen molar-refractivity contribution in [3.8, 4) is 0 Å². The summed E-state index contributed by atoms with van der Waals surface area (Å²) in [6.07, 6.45) is 1.82. The molecule has 180 valence electrons. The molecule has 0 radical (unpaired) electrons. The fourth-order valence-electron chi connectivity index (χ4n) is 2.10. The van der Waals surface area contributed by atoms with Crippen LogP contribution < -0.4 is 16.0 Å². The van der Waals surface area contributed by atoms with Crippen molar-refractivity contribution in [2.75, 3.05) is 13.2 Å². The molecule has 0 aromatic carbocycles. The number of nitrogens with one attached hydrogen (secondary N) is 3. The van der Waals surface area contributed by atoms with Gasteiger partial charge in [0.2, 0.25) is 5.91 Å². The van der Waals surface area contributed by atoms with Crippen LogP contribution in [-0.2, 0) is 23.9 Å². The van der Waals surface area contributed by atoms with Gasteiger partial charge in [-0.05, 0) is 60.8 Å². The van der Waals surface area contributed by atoms with Gasteiger partial charge >= 0.3 is 12.1 Å². The molecule has 0 heterocycles. The van der Waals surface area contributed by atoms with Crippen molar-refractivity contribution in [1.82, 2.24) is 16.0 Å². The van der Waals surface area contributed by atoms with Crippen molar-refractivity contribution in [2.45, 2.75) is 84.1 Å². The van der Waals surface area contributed by atoms with Gasteiger partial charge in [-0.25, -0.2) is 4.79 Å². The molecule has 2 unspecified atom stereocenters. The van der Waals surface area contributed by atoms with Gasteiger partial charge in [0.05, 0.1) is 18.2 Å². The molecule has 0 aromatic rings. The van der Waals surface area contributed by atoms with E-state index in [9.17, 15) is 19.2 Å². The molecule has 30 heavy (non-hydrogen) atoms. The van der Waals surface area contributed by atoms with Crippen molar-refractivity contribution >= 4 is 24.4 Å². The molecule has 0 aliphatic rings. The first-order chi connectivity index (χ1) is 13.2. The second-order valence-electron chi connectivity index (χ2n) is 8.55. The Morgan fingerprint density at radius 3 is 2.07 bits per heavy atom. The Kier molecular flexibility index (Phi) is 12.5. The molecule has 4 N–H and O–H groups in total. The van der Waals surface area contributed by atoms with E-state index >= 15 is 0 Å². The van der Waals surface area contributed by atoms with E-state index in [0.717, 1.165) is 0 Å². The number of hydrogen-bond acceptors (Lipinski definition) is 6. The van der Waals surface area contributed by atoms with Crippen LogP contribution in [0.4, 0.5) is 4.79 Å². The van der Waals surface area contributed by atoms with Crippen molar-refractivity contribution in [3.05, 3.63) is 0 Å². The number of ether oxygens (including phenoxy) is 2. The fourth-order valence-corrected chi connectivity index (χ4v) is 2.10. The number of carbonyl (C=O) groups excluding carboxylic acids is 3. The quantitative estimate of drug-likeness (QED) is 0.138. The minimum absolute atomic E-state index is 0. The number of alkyl carbamates (subject to hydrolysis) is 1. The molecule has 0 bridgehead atoms. The van der Waals surface area contributed by atoms with Crippen LogP contribution in [0.1, 0.15) is 60.8 Å². The van der Waals surface area contributed by atoms with Gasteiger partial charge in [-0.1, -0.05) is 0 Å². The summed E-state index contributed by atoms with van der Waals surface area (Å²) in [5, 5.41) is 16.2. The molecule has 0 saturated carbocycles. The van der Waals surface area contributed by atoms with E-state index in [0.29, 0.717) is 12.8 Å². The van der Waals surface area contributed by atoms with Crippen LogP contribution in [0, 0.1) is 0 Å². The zero-order valence-electron chi connectivity index (χ0n) is 18.4. The van der Waals surface area contributed by atoms with Crippen LogP contribution in [0.5, 0.6) is 0 Å². The number of rotatable bonds is 12. The molecule has 0 rings (SSSR count). The monoisotopic (exact) mass is 673 g/mol. The summed E-state index contributed by atoms with van der Waals surface area (Å²) < 4.78 is 10.8. The molecular formula is C19H34FmN3O7-. The van der Waals surface area contributed by atoms with Gasteiger partial charge in [0, 0.05) is 6.54 Å². The van der Waals surface area contributed by atoms with Gasteiger partial charge in [-0.15, -0.1) is 0 Å². The van der Waals surface area contributed by atoms with E-state index in [4.69, 9.17) is 14.6 Å². The first-order valence-electron chi connectivity index (χ1n) is 9.52. The van der Waals surface area contributed by atoms with Crippen LogP contribution in [0.3, 0.4) is 0 Å². The van der Waals surface area contributed by atoms with Gasteiger partial charge < -0.3 is 35.3 Å². The van der Waals surface area contributed by atoms with Crippen LogP contribution in [0.2, 0.25) is 0 Å². The number of hydrogen-bond donors (Lipinski definition) is 4. The van der Waals surface area contributed by atoms with Gasteiger partial charge in [0.1, 0.15) is 11.6 Å². The number of aliphatic carboxylic acids is 1. The van der Waals surface area contributed by atoms with E-state index in [1.807, 2.05) is 20.8 Å². The van der Waals surface area contributed by atoms with Crippen molar-refractivity contribution in [2.24, 2.45) is 0 Å². The SMILES string of the molecule is CC(C)(C)OCC(NC(=O)OC(C)(C)C)C(=O)NCCCCC(N[C-]=O)C(=O)O.[Fm].